The Balaban J connectivity index is 0.000000194. The van der Waals surface area contributed by atoms with E-state index in [1.54, 1.807) is 11.8 Å². The van der Waals surface area contributed by atoms with E-state index in [0.29, 0.717) is 13.2 Å². The Hall–Kier alpha value is -2.73. The number of hydrogen-bond donors (Lipinski definition) is 0. The van der Waals surface area contributed by atoms with Crippen LogP contribution in [0.1, 0.15) is 40.1 Å². The lowest BCUT2D eigenvalue weighted by Crippen LogP contribution is -2.54. The summed E-state index contributed by atoms with van der Waals surface area (Å²) in [5.74, 6) is 0.258. The van der Waals surface area contributed by atoms with Crippen LogP contribution >= 0.6 is 11.8 Å². The number of carbonyl (C=O) groups excluding carboxylic acids is 2. The molecule has 33 heavy (non-hydrogen) atoms. The fourth-order valence-corrected chi connectivity index (χ4v) is 4.12. The maximum atomic E-state index is 12.7. The Morgan fingerprint density at radius 2 is 1.24 bits per heavy atom. The van der Waals surface area contributed by atoms with Gasteiger partial charge in [-0.05, 0) is 32.2 Å². The third-order valence-corrected chi connectivity index (χ3v) is 6.53. The molecular formula is C28H31NO3S. The number of nitrogens with zero attached hydrogens (tertiary/aromatic N) is 1. The molecule has 3 aromatic carbocycles. The van der Waals surface area contributed by atoms with Crippen molar-refractivity contribution in [2.75, 3.05) is 32.6 Å². The van der Waals surface area contributed by atoms with E-state index in [1.165, 1.54) is 4.90 Å². The van der Waals surface area contributed by atoms with Crippen LogP contribution in [-0.4, -0.2) is 54.6 Å². The quantitative estimate of drug-likeness (QED) is 0.352. The Labute approximate surface area is 201 Å². The van der Waals surface area contributed by atoms with Crippen molar-refractivity contribution in [2.24, 2.45) is 0 Å². The van der Waals surface area contributed by atoms with Gasteiger partial charge in [0.05, 0.1) is 18.8 Å². The molecule has 1 fully saturated rings. The molecule has 0 aliphatic carbocycles. The maximum Gasteiger partial charge on any atom is 0.193 e. The molecule has 3 aromatic rings. The van der Waals surface area contributed by atoms with Gasteiger partial charge in [0.15, 0.2) is 11.6 Å². The third-order valence-electron chi connectivity index (χ3n) is 5.78. The minimum absolute atomic E-state index is 0.0752. The second-order valence-electron chi connectivity index (χ2n) is 8.28. The van der Waals surface area contributed by atoms with Crippen molar-refractivity contribution in [3.63, 3.8) is 0 Å². The number of hydrogen-bond acceptors (Lipinski definition) is 5. The van der Waals surface area contributed by atoms with Gasteiger partial charge in [-0.3, -0.25) is 14.5 Å². The Morgan fingerprint density at radius 1 is 0.758 bits per heavy atom. The summed E-state index contributed by atoms with van der Waals surface area (Å²) < 4.78 is 5.35. The Kier molecular flexibility index (Phi) is 9.01. The van der Waals surface area contributed by atoms with Crippen LogP contribution in [0.25, 0.3) is 0 Å². The van der Waals surface area contributed by atoms with Gasteiger partial charge in [0.2, 0.25) is 0 Å². The van der Waals surface area contributed by atoms with E-state index in [0.717, 1.165) is 29.8 Å². The zero-order valence-corrected chi connectivity index (χ0v) is 20.3. The first-order chi connectivity index (χ1) is 15.9. The first-order valence-electron chi connectivity index (χ1n) is 11.1. The standard InChI is InChI=1S/C15H21NO2S.C13H10O/c1-15(2,16-8-10-18-11-9-16)14(17)12-4-6-13(19-3)7-5-12;14-13(11-7-3-1-4-8-11)12-9-5-2-6-10-12/h4-7H,8-11H2,1-3H3;1-10H. The van der Waals surface area contributed by atoms with Crippen LogP contribution in [0.5, 0.6) is 0 Å². The number of Topliss-reactive ketones (excluding diaryl/α,β-unsaturated/α-hetero) is 1. The molecule has 0 amide bonds. The second kappa shape index (κ2) is 11.9. The van der Waals surface area contributed by atoms with Gasteiger partial charge in [0.25, 0.3) is 0 Å². The monoisotopic (exact) mass is 461 g/mol. The molecule has 0 N–H and O–H groups in total. The van der Waals surface area contributed by atoms with E-state index in [1.807, 2.05) is 105 Å². The average molecular weight is 462 g/mol. The number of morpholine rings is 1. The van der Waals surface area contributed by atoms with Gasteiger partial charge in [-0.1, -0.05) is 72.8 Å². The van der Waals surface area contributed by atoms with Crippen LogP contribution in [0, 0.1) is 0 Å². The number of rotatable bonds is 6. The second-order valence-corrected chi connectivity index (χ2v) is 9.16. The molecule has 1 heterocycles. The first-order valence-corrected chi connectivity index (χ1v) is 12.3. The zero-order chi connectivity index (χ0) is 23.7. The number of thioether (sulfide) groups is 1. The highest BCUT2D eigenvalue weighted by molar-refractivity contribution is 7.98. The first kappa shape index (κ1) is 24.9. The summed E-state index contributed by atoms with van der Waals surface area (Å²) in [6.45, 7) is 7.07. The number of carbonyl (C=O) groups is 2. The summed E-state index contributed by atoms with van der Waals surface area (Å²) in [6.07, 6.45) is 2.04. The number of ether oxygens (including phenoxy) is 1. The molecule has 172 valence electrons. The summed E-state index contributed by atoms with van der Waals surface area (Å²) in [4.78, 5) is 27.9. The van der Waals surface area contributed by atoms with Crippen LogP contribution in [0.2, 0.25) is 0 Å². The molecule has 0 radical (unpaired) electrons. The van der Waals surface area contributed by atoms with Crippen molar-refractivity contribution in [1.82, 2.24) is 4.90 Å². The molecule has 1 aliphatic heterocycles. The molecule has 0 aromatic heterocycles. The molecular weight excluding hydrogens is 430 g/mol. The van der Waals surface area contributed by atoms with Gasteiger partial charge in [0, 0.05) is 34.7 Å². The lowest BCUT2D eigenvalue weighted by molar-refractivity contribution is -0.00430. The molecule has 1 aliphatic rings. The highest BCUT2D eigenvalue weighted by atomic mass is 32.2. The largest absolute Gasteiger partial charge is 0.379 e. The molecule has 0 atom stereocenters. The van der Waals surface area contributed by atoms with Crippen LogP contribution in [0.3, 0.4) is 0 Å². The molecule has 0 saturated carbocycles. The Bertz CT molecular complexity index is 986. The lowest BCUT2D eigenvalue weighted by Gasteiger charge is -2.39. The van der Waals surface area contributed by atoms with Crippen LogP contribution in [-0.2, 0) is 4.74 Å². The van der Waals surface area contributed by atoms with Crippen molar-refractivity contribution in [1.29, 1.82) is 0 Å². The maximum absolute atomic E-state index is 12.7. The van der Waals surface area contributed by atoms with E-state index in [9.17, 15) is 9.59 Å². The van der Waals surface area contributed by atoms with E-state index < -0.39 is 5.54 Å². The molecule has 1 saturated heterocycles. The van der Waals surface area contributed by atoms with E-state index >= 15 is 0 Å². The summed E-state index contributed by atoms with van der Waals surface area (Å²) in [6, 6.07) is 26.5. The van der Waals surface area contributed by atoms with Gasteiger partial charge in [-0.25, -0.2) is 0 Å². The van der Waals surface area contributed by atoms with Crippen molar-refractivity contribution in [3.8, 4) is 0 Å². The smallest absolute Gasteiger partial charge is 0.193 e. The number of benzene rings is 3. The van der Waals surface area contributed by atoms with Crippen molar-refractivity contribution < 1.29 is 14.3 Å². The summed E-state index contributed by atoms with van der Waals surface area (Å²) >= 11 is 1.69. The zero-order valence-electron chi connectivity index (χ0n) is 19.5. The Morgan fingerprint density at radius 3 is 1.70 bits per heavy atom. The molecule has 5 heteroatoms. The van der Waals surface area contributed by atoms with E-state index in [-0.39, 0.29) is 11.6 Å². The lowest BCUT2D eigenvalue weighted by atomic mass is 9.91. The fourth-order valence-electron chi connectivity index (χ4n) is 3.71. The van der Waals surface area contributed by atoms with Gasteiger partial charge < -0.3 is 4.74 Å². The van der Waals surface area contributed by atoms with Crippen LogP contribution in [0.15, 0.2) is 89.8 Å². The third kappa shape index (κ3) is 6.64. The minimum Gasteiger partial charge on any atom is -0.379 e. The summed E-state index contributed by atoms with van der Waals surface area (Å²) in [5, 5.41) is 0. The van der Waals surface area contributed by atoms with E-state index in [4.69, 9.17) is 4.74 Å². The topological polar surface area (TPSA) is 46.6 Å². The molecule has 4 nitrogen and oxygen atoms in total. The highest BCUT2D eigenvalue weighted by Gasteiger charge is 2.35. The van der Waals surface area contributed by atoms with Gasteiger partial charge in [-0.2, -0.15) is 0 Å². The van der Waals surface area contributed by atoms with E-state index in [2.05, 4.69) is 4.90 Å². The average Bonchev–Trinajstić information content (AvgIpc) is 2.89. The molecule has 0 unspecified atom stereocenters. The SMILES string of the molecule is CSc1ccc(C(=O)C(C)(C)N2CCOCC2)cc1.O=C(c1ccccc1)c1ccccc1. The van der Waals surface area contributed by atoms with Crippen molar-refractivity contribution in [2.45, 2.75) is 24.3 Å². The van der Waals surface area contributed by atoms with Gasteiger partial charge >= 0.3 is 0 Å². The van der Waals surface area contributed by atoms with Crippen molar-refractivity contribution in [3.05, 3.63) is 102 Å². The summed E-state index contributed by atoms with van der Waals surface area (Å²) in [7, 11) is 0. The highest BCUT2D eigenvalue weighted by Crippen LogP contribution is 2.23. The molecule has 4 rings (SSSR count). The van der Waals surface area contributed by atoms with Crippen LogP contribution in [0.4, 0.5) is 0 Å². The summed E-state index contributed by atoms with van der Waals surface area (Å²) in [5.41, 5.74) is 1.79. The minimum atomic E-state index is -0.468. The predicted octanol–water partition coefficient (Wildman–Crippen LogP) is 5.62. The van der Waals surface area contributed by atoms with Crippen molar-refractivity contribution >= 4 is 23.3 Å². The molecule has 0 bridgehead atoms. The van der Waals surface area contributed by atoms with Gasteiger partial charge in [0.1, 0.15) is 0 Å². The fraction of sp³-hybridized carbons (Fsp3) is 0.286. The predicted molar refractivity (Wildman–Crippen MR) is 135 cm³/mol. The molecule has 0 spiro atoms. The van der Waals surface area contributed by atoms with Crippen LogP contribution < -0.4 is 0 Å². The van der Waals surface area contributed by atoms with Gasteiger partial charge in [-0.15, -0.1) is 11.8 Å². The normalized spacial score (nSPS) is 14.2. The number of ketones is 2.